The second-order valence-electron chi connectivity index (χ2n) is 3.03. The van der Waals surface area contributed by atoms with Crippen molar-refractivity contribution in [2.75, 3.05) is 18.1 Å². The fourth-order valence-corrected chi connectivity index (χ4v) is 1.98. The van der Waals surface area contributed by atoms with Crippen LogP contribution in [0, 0.1) is 10.1 Å². The SMILES string of the molecule is CCCSc1ccc(NC)c([N+](=O)[O-])c1. The van der Waals surface area contributed by atoms with Gasteiger partial charge in [-0.15, -0.1) is 11.8 Å². The summed E-state index contributed by atoms with van der Waals surface area (Å²) in [5, 5.41) is 13.6. The number of nitrogens with one attached hydrogen (secondary N) is 1. The molecule has 0 saturated heterocycles. The van der Waals surface area contributed by atoms with E-state index in [1.54, 1.807) is 30.9 Å². The lowest BCUT2D eigenvalue weighted by Gasteiger charge is -2.04. The highest BCUT2D eigenvalue weighted by molar-refractivity contribution is 7.99. The third kappa shape index (κ3) is 3.13. The fourth-order valence-electron chi connectivity index (χ4n) is 1.18. The molecule has 5 heteroatoms. The molecule has 0 unspecified atom stereocenters. The Bertz CT molecular complexity index is 355. The number of anilines is 1. The first-order valence-corrected chi connectivity index (χ1v) is 5.76. The van der Waals surface area contributed by atoms with E-state index in [4.69, 9.17) is 0 Å². The molecule has 82 valence electrons. The molecule has 0 aliphatic rings. The maximum Gasteiger partial charge on any atom is 0.293 e. The van der Waals surface area contributed by atoms with E-state index < -0.39 is 0 Å². The number of nitro benzene ring substituents is 1. The van der Waals surface area contributed by atoms with E-state index in [1.165, 1.54) is 0 Å². The number of hydrogen-bond acceptors (Lipinski definition) is 4. The lowest BCUT2D eigenvalue weighted by Crippen LogP contribution is -1.96. The number of hydrogen-bond donors (Lipinski definition) is 1. The molecular weight excluding hydrogens is 212 g/mol. The number of thioether (sulfide) groups is 1. The molecule has 0 atom stereocenters. The van der Waals surface area contributed by atoms with Gasteiger partial charge in [0, 0.05) is 18.0 Å². The summed E-state index contributed by atoms with van der Waals surface area (Å²) >= 11 is 1.64. The van der Waals surface area contributed by atoms with Gasteiger partial charge in [0.25, 0.3) is 5.69 Å². The van der Waals surface area contributed by atoms with Gasteiger partial charge >= 0.3 is 0 Å². The molecule has 0 fully saturated rings. The van der Waals surface area contributed by atoms with E-state index in [2.05, 4.69) is 12.2 Å². The average Bonchev–Trinajstić information content (AvgIpc) is 2.25. The molecule has 0 aromatic heterocycles. The van der Waals surface area contributed by atoms with Crippen LogP contribution in [0.4, 0.5) is 11.4 Å². The molecule has 1 N–H and O–H groups in total. The highest BCUT2D eigenvalue weighted by Gasteiger charge is 2.13. The predicted octanol–water partition coefficient (Wildman–Crippen LogP) is 3.14. The van der Waals surface area contributed by atoms with Crippen LogP contribution in [0.3, 0.4) is 0 Å². The molecule has 0 bridgehead atoms. The van der Waals surface area contributed by atoms with Crippen LogP contribution in [0.1, 0.15) is 13.3 Å². The summed E-state index contributed by atoms with van der Waals surface area (Å²) in [4.78, 5) is 11.4. The quantitative estimate of drug-likeness (QED) is 0.476. The largest absolute Gasteiger partial charge is 0.383 e. The number of benzene rings is 1. The minimum absolute atomic E-state index is 0.138. The lowest BCUT2D eigenvalue weighted by atomic mass is 10.3. The Morgan fingerprint density at radius 3 is 2.80 bits per heavy atom. The van der Waals surface area contributed by atoms with Gasteiger partial charge in [-0.05, 0) is 24.3 Å². The van der Waals surface area contributed by atoms with Crippen LogP contribution in [0.15, 0.2) is 23.1 Å². The van der Waals surface area contributed by atoms with Crippen molar-refractivity contribution < 1.29 is 4.92 Å². The Morgan fingerprint density at radius 1 is 1.53 bits per heavy atom. The Kier molecular flexibility index (Phi) is 4.42. The molecule has 0 heterocycles. The van der Waals surface area contributed by atoms with Crippen molar-refractivity contribution in [3.63, 3.8) is 0 Å². The van der Waals surface area contributed by atoms with E-state index in [1.807, 2.05) is 6.07 Å². The Labute approximate surface area is 93.2 Å². The topological polar surface area (TPSA) is 55.2 Å². The Hall–Kier alpha value is -1.23. The molecule has 1 aromatic rings. The van der Waals surface area contributed by atoms with Gasteiger partial charge in [0.15, 0.2) is 0 Å². The monoisotopic (exact) mass is 226 g/mol. The molecule has 0 saturated carbocycles. The van der Waals surface area contributed by atoms with E-state index in [9.17, 15) is 10.1 Å². The fraction of sp³-hybridized carbons (Fsp3) is 0.400. The van der Waals surface area contributed by atoms with Gasteiger partial charge in [-0.3, -0.25) is 10.1 Å². The van der Waals surface area contributed by atoms with Crippen molar-refractivity contribution in [1.29, 1.82) is 0 Å². The van der Waals surface area contributed by atoms with Gasteiger partial charge < -0.3 is 5.32 Å². The standard InChI is InChI=1S/C10H14N2O2S/c1-3-6-15-8-4-5-9(11-2)10(7-8)12(13)14/h4-5,7,11H,3,6H2,1-2H3. The smallest absolute Gasteiger partial charge is 0.293 e. The summed E-state index contributed by atoms with van der Waals surface area (Å²) in [5.41, 5.74) is 0.694. The van der Waals surface area contributed by atoms with Crippen LogP contribution < -0.4 is 5.32 Å². The van der Waals surface area contributed by atoms with Crippen molar-refractivity contribution in [3.05, 3.63) is 28.3 Å². The van der Waals surface area contributed by atoms with E-state index in [0.29, 0.717) is 5.69 Å². The van der Waals surface area contributed by atoms with Crippen molar-refractivity contribution in [3.8, 4) is 0 Å². The number of rotatable bonds is 5. The molecule has 1 aromatic carbocycles. The molecule has 15 heavy (non-hydrogen) atoms. The van der Waals surface area contributed by atoms with Crippen LogP contribution in [0.5, 0.6) is 0 Å². The number of nitrogens with zero attached hydrogens (tertiary/aromatic N) is 1. The van der Waals surface area contributed by atoms with Crippen LogP contribution in [-0.4, -0.2) is 17.7 Å². The van der Waals surface area contributed by atoms with E-state index in [0.717, 1.165) is 17.1 Å². The normalized spacial score (nSPS) is 10.0. The maximum atomic E-state index is 10.8. The van der Waals surface area contributed by atoms with E-state index in [-0.39, 0.29) is 10.6 Å². The first-order valence-electron chi connectivity index (χ1n) is 4.78. The van der Waals surface area contributed by atoms with Crippen molar-refractivity contribution >= 4 is 23.1 Å². The minimum atomic E-state index is -0.359. The second kappa shape index (κ2) is 5.60. The molecule has 0 spiro atoms. The molecule has 4 nitrogen and oxygen atoms in total. The third-order valence-corrected chi connectivity index (χ3v) is 3.11. The molecule has 1 rings (SSSR count). The van der Waals surface area contributed by atoms with Crippen LogP contribution in [0.25, 0.3) is 0 Å². The summed E-state index contributed by atoms with van der Waals surface area (Å²) in [6.45, 7) is 2.09. The Balaban J connectivity index is 2.94. The van der Waals surface area contributed by atoms with E-state index >= 15 is 0 Å². The van der Waals surface area contributed by atoms with Crippen LogP contribution >= 0.6 is 11.8 Å². The molecular formula is C10H14N2O2S. The van der Waals surface area contributed by atoms with Gasteiger partial charge in [-0.1, -0.05) is 6.92 Å². The van der Waals surface area contributed by atoms with Gasteiger partial charge in [-0.2, -0.15) is 0 Å². The third-order valence-electron chi connectivity index (χ3n) is 1.91. The zero-order valence-electron chi connectivity index (χ0n) is 8.82. The van der Waals surface area contributed by atoms with Gasteiger partial charge in [0.2, 0.25) is 0 Å². The summed E-state index contributed by atoms with van der Waals surface area (Å²) in [5.74, 6) is 0.982. The highest BCUT2D eigenvalue weighted by atomic mass is 32.2. The average molecular weight is 226 g/mol. The highest BCUT2D eigenvalue weighted by Crippen LogP contribution is 2.29. The zero-order chi connectivity index (χ0) is 11.3. The zero-order valence-corrected chi connectivity index (χ0v) is 9.63. The molecule has 0 radical (unpaired) electrons. The molecule has 0 aliphatic carbocycles. The predicted molar refractivity (Wildman–Crippen MR) is 63.7 cm³/mol. The maximum absolute atomic E-state index is 10.8. The first kappa shape index (κ1) is 11.8. The lowest BCUT2D eigenvalue weighted by molar-refractivity contribution is -0.384. The number of nitro groups is 1. The van der Waals surface area contributed by atoms with Crippen LogP contribution in [-0.2, 0) is 0 Å². The van der Waals surface area contributed by atoms with Gasteiger partial charge in [0.1, 0.15) is 5.69 Å². The Morgan fingerprint density at radius 2 is 2.27 bits per heavy atom. The van der Waals surface area contributed by atoms with Gasteiger partial charge in [-0.25, -0.2) is 0 Å². The van der Waals surface area contributed by atoms with Crippen molar-refractivity contribution in [2.45, 2.75) is 18.2 Å². The summed E-state index contributed by atoms with van der Waals surface area (Å²) in [6, 6.07) is 5.27. The summed E-state index contributed by atoms with van der Waals surface area (Å²) < 4.78 is 0. The molecule has 0 aliphatic heterocycles. The van der Waals surface area contributed by atoms with Crippen LogP contribution in [0.2, 0.25) is 0 Å². The van der Waals surface area contributed by atoms with Crippen molar-refractivity contribution in [1.82, 2.24) is 0 Å². The minimum Gasteiger partial charge on any atom is -0.383 e. The molecule has 0 amide bonds. The van der Waals surface area contributed by atoms with Gasteiger partial charge in [0.05, 0.1) is 4.92 Å². The summed E-state index contributed by atoms with van der Waals surface area (Å²) in [7, 11) is 1.68. The first-order chi connectivity index (χ1) is 7.19. The summed E-state index contributed by atoms with van der Waals surface area (Å²) in [6.07, 6.45) is 1.06. The van der Waals surface area contributed by atoms with Crippen molar-refractivity contribution in [2.24, 2.45) is 0 Å². The second-order valence-corrected chi connectivity index (χ2v) is 4.20.